The van der Waals surface area contributed by atoms with Crippen LogP contribution in [-0.2, 0) is 16.0 Å². The average Bonchev–Trinajstić information content (AvgIpc) is 2.84. The molecule has 6 nitrogen and oxygen atoms in total. The first kappa shape index (κ1) is 14.7. The van der Waals surface area contributed by atoms with Crippen molar-refractivity contribution in [3.8, 4) is 0 Å². The summed E-state index contributed by atoms with van der Waals surface area (Å²) in [7, 11) is 3.14. The molecule has 1 aromatic heterocycles. The van der Waals surface area contributed by atoms with Gasteiger partial charge >= 0.3 is 0 Å². The lowest BCUT2D eigenvalue weighted by Gasteiger charge is -2.16. The first-order valence-electron chi connectivity index (χ1n) is 5.77. The molecule has 6 heteroatoms. The van der Waals surface area contributed by atoms with Gasteiger partial charge in [-0.25, -0.2) is 0 Å². The Bertz CT molecular complexity index is 365. The second kappa shape index (κ2) is 7.86. The highest BCUT2D eigenvalue weighted by Crippen LogP contribution is 2.03. The standard InChI is InChI=1S/C12H20N2O4/c1-17-7-6-14-5-3-4-11(14)12(16)13-10(8-15)9-18-2/h3-5,10,15H,6-9H2,1-2H3,(H,13,16). The molecule has 18 heavy (non-hydrogen) atoms. The quantitative estimate of drug-likeness (QED) is 0.679. The van der Waals surface area contributed by atoms with Crippen molar-refractivity contribution in [3.05, 3.63) is 24.0 Å². The smallest absolute Gasteiger partial charge is 0.268 e. The van der Waals surface area contributed by atoms with Gasteiger partial charge in [0.05, 0.1) is 25.9 Å². The number of nitrogens with one attached hydrogen (secondary N) is 1. The maximum Gasteiger partial charge on any atom is 0.268 e. The minimum atomic E-state index is -0.395. The van der Waals surface area contributed by atoms with E-state index >= 15 is 0 Å². The summed E-state index contributed by atoms with van der Waals surface area (Å²) in [5.41, 5.74) is 0.543. The van der Waals surface area contributed by atoms with E-state index in [0.717, 1.165) is 0 Å². The van der Waals surface area contributed by atoms with Crippen molar-refractivity contribution in [1.29, 1.82) is 0 Å². The lowest BCUT2D eigenvalue weighted by atomic mass is 10.3. The van der Waals surface area contributed by atoms with Crippen LogP contribution >= 0.6 is 0 Å². The van der Waals surface area contributed by atoms with Crippen molar-refractivity contribution in [2.75, 3.05) is 34.0 Å². The third-order valence-electron chi connectivity index (χ3n) is 2.52. The topological polar surface area (TPSA) is 72.7 Å². The predicted octanol–water partition coefficient (Wildman–Crippen LogP) is -0.128. The van der Waals surface area contributed by atoms with Crippen LogP contribution in [0.5, 0.6) is 0 Å². The number of rotatable bonds is 8. The number of aliphatic hydroxyl groups is 1. The van der Waals surface area contributed by atoms with E-state index in [1.165, 1.54) is 7.11 Å². The number of aliphatic hydroxyl groups excluding tert-OH is 1. The molecule has 0 fully saturated rings. The summed E-state index contributed by atoms with van der Waals surface area (Å²) in [4.78, 5) is 12.0. The van der Waals surface area contributed by atoms with Crippen molar-refractivity contribution in [1.82, 2.24) is 9.88 Å². The number of carbonyl (C=O) groups is 1. The van der Waals surface area contributed by atoms with Crippen molar-refractivity contribution in [2.45, 2.75) is 12.6 Å². The van der Waals surface area contributed by atoms with Crippen LogP contribution in [-0.4, -0.2) is 55.7 Å². The summed E-state index contributed by atoms with van der Waals surface area (Å²) in [5, 5.41) is 11.8. The summed E-state index contributed by atoms with van der Waals surface area (Å²) in [6, 6.07) is 3.13. The number of aromatic nitrogens is 1. The third kappa shape index (κ3) is 4.14. The Morgan fingerprint density at radius 3 is 2.89 bits per heavy atom. The molecule has 102 valence electrons. The zero-order chi connectivity index (χ0) is 13.4. The second-order valence-corrected chi connectivity index (χ2v) is 3.89. The van der Waals surface area contributed by atoms with Crippen molar-refractivity contribution in [3.63, 3.8) is 0 Å². The molecule has 0 saturated carbocycles. The van der Waals surface area contributed by atoms with Gasteiger partial charge in [-0.3, -0.25) is 4.79 Å². The zero-order valence-corrected chi connectivity index (χ0v) is 10.8. The second-order valence-electron chi connectivity index (χ2n) is 3.89. The zero-order valence-electron chi connectivity index (χ0n) is 10.8. The molecule has 0 spiro atoms. The van der Waals surface area contributed by atoms with Crippen LogP contribution in [0.4, 0.5) is 0 Å². The Labute approximate surface area is 107 Å². The van der Waals surface area contributed by atoms with E-state index in [0.29, 0.717) is 18.8 Å². The molecule has 1 rings (SSSR count). The fraction of sp³-hybridized carbons (Fsp3) is 0.583. The molecule has 0 aliphatic heterocycles. The number of carbonyl (C=O) groups excluding carboxylic acids is 1. The highest BCUT2D eigenvalue weighted by molar-refractivity contribution is 5.92. The molecule has 0 aliphatic carbocycles. The van der Waals surface area contributed by atoms with Crippen LogP contribution in [0.3, 0.4) is 0 Å². The Balaban J connectivity index is 2.62. The van der Waals surface area contributed by atoms with E-state index in [1.807, 2.05) is 6.20 Å². The van der Waals surface area contributed by atoms with Gasteiger partial charge in [-0.05, 0) is 12.1 Å². The van der Waals surface area contributed by atoms with E-state index in [1.54, 1.807) is 23.8 Å². The Hall–Kier alpha value is -1.37. The van der Waals surface area contributed by atoms with E-state index in [-0.39, 0.29) is 19.1 Å². The minimum absolute atomic E-state index is 0.154. The van der Waals surface area contributed by atoms with Crippen LogP contribution in [0.2, 0.25) is 0 Å². The lowest BCUT2D eigenvalue weighted by molar-refractivity contribution is 0.0829. The number of hydrogen-bond acceptors (Lipinski definition) is 4. The predicted molar refractivity (Wildman–Crippen MR) is 66.5 cm³/mol. The van der Waals surface area contributed by atoms with Gasteiger partial charge in [0.1, 0.15) is 5.69 Å². The first-order valence-corrected chi connectivity index (χ1v) is 5.77. The van der Waals surface area contributed by atoms with E-state index in [9.17, 15) is 4.79 Å². The van der Waals surface area contributed by atoms with Gasteiger partial charge in [0.15, 0.2) is 0 Å². The average molecular weight is 256 g/mol. The summed E-state index contributed by atoms with van der Waals surface area (Å²) in [6.45, 7) is 1.27. The summed E-state index contributed by atoms with van der Waals surface area (Å²) >= 11 is 0. The van der Waals surface area contributed by atoms with Crippen LogP contribution < -0.4 is 5.32 Å². The van der Waals surface area contributed by atoms with Crippen LogP contribution in [0, 0.1) is 0 Å². The van der Waals surface area contributed by atoms with Crippen molar-refractivity contribution < 1.29 is 19.4 Å². The van der Waals surface area contributed by atoms with Gasteiger partial charge in [-0.1, -0.05) is 0 Å². The molecule has 1 unspecified atom stereocenters. The van der Waals surface area contributed by atoms with E-state index < -0.39 is 6.04 Å². The van der Waals surface area contributed by atoms with Gasteiger partial charge in [0, 0.05) is 27.0 Å². The highest BCUT2D eigenvalue weighted by atomic mass is 16.5. The Kier molecular flexibility index (Phi) is 6.42. The maximum atomic E-state index is 12.0. The molecule has 1 aromatic rings. The largest absolute Gasteiger partial charge is 0.394 e. The molecule has 1 atom stereocenters. The fourth-order valence-corrected chi connectivity index (χ4v) is 1.61. The molecular formula is C12H20N2O4. The molecule has 0 saturated heterocycles. The first-order chi connectivity index (χ1) is 8.72. The molecule has 0 bridgehead atoms. The molecule has 1 amide bonds. The Morgan fingerprint density at radius 1 is 1.50 bits per heavy atom. The molecule has 0 aliphatic rings. The number of amides is 1. The van der Waals surface area contributed by atoms with Crippen molar-refractivity contribution in [2.24, 2.45) is 0 Å². The van der Waals surface area contributed by atoms with Crippen LogP contribution in [0.1, 0.15) is 10.5 Å². The molecule has 0 aromatic carbocycles. The van der Waals surface area contributed by atoms with E-state index in [4.69, 9.17) is 14.6 Å². The van der Waals surface area contributed by atoms with Gasteiger partial charge in [-0.15, -0.1) is 0 Å². The lowest BCUT2D eigenvalue weighted by Crippen LogP contribution is -2.41. The summed E-state index contributed by atoms with van der Waals surface area (Å²) < 4.78 is 11.7. The fourth-order valence-electron chi connectivity index (χ4n) is 1.61. The van der Waals surface area contributed by atoms with Gasteiger partial charge < -0.3 is 24.5 Å². The third-order valence-corrected chi connectivity index (χ3v) is 2.52. The molecular weight excluding hydrogens is 236 g/mol. The van der Waals surface area contributed by atoms with Crippen LogP contribution in [0.15, 0.2) is 18.3 Å². The molecule has 2 N–H and O–H groups in total. The normalized spacial score (nSPS) is 12.4. The number of nitrogens with zero attached hydrogens (tertiary/aromatic N) is 1. The number of hydrogen-bond donors (Lipinski definition) is 2. The van der Waals surface area contributed by atoms with Gasteiger partial charge in [0.2, 0.25) is 0 Å². The monoisotopic (exact) mass is 256 g/mol. The SMILES string of the molecule is COCCn1cccc1C(=O)NC(CO)COC. The van der Waals surface area contributed by atoms with Crippen LogP contribution in [0.25, 0.3) is 0 Å². The van der Waals surface area contributed by atoms with Crippen molar-refractivity contribution >= 4 is 5.91 Å². The number of ether oxygens (including phenoxy) is 2. The van der Waals surface area contributed by atoms with Gasteiger partial charge in [-0.2, -0.15) is 0 Å². The molecule has 1 heterocycles. The Morgan fingerprint density at radius 2 is 2.28 bits per heavy atom. The van der Waals surface area contributed by atoms with E-state index in [2.05, 4.69) is 5.32 Å². The highest BCUT2D eigenvalue weighted by Gasteiger charge is 2.15. The van der Waals surface area contributed by atoms with Gasteiger partial charge in [0.25, 0.3) is 5.91 Å². The summed E-state index contributed by atoms with van der Waals surface area (Å²) in [5.74, 6) is -0.229. The molecule has 0 radical (unpaired) electrons. The maximum absolute atomic E-state index is 12.0. The minimum Gasteiger partial charge on any atom is -0.394 e. The number of methoxy groups -OCH3 is 2. The summed E-state index contributed by atoms with van der Waals surface area (Å²) in [6.07, 6.45) is 1.82.